The van der Waals surface area contributed by atoms with E-state index in [-0.39, 0.29) is 0 Å². The van der Waals surface area contributed by atoms with Gasteiger partial charge in [-0.05, 0) is 42.5 Å². The van der Waals surface area contributed by atoms with Gasteiger partial charge in [0.1, 0.15) is 0 Å². The van der Waals surface area contributed by atoms with Crippen LogP contribution in [0.5, 0.6) is 0 Å². The van der Waals surface area contributed by atoms with Crippen LogP contribution in [0.3, 0.4) is 0 Å². The topological polar surface area (TPSA) is 17.1 Å². The SMILES string of the molecule is CCc1cccc(-c2ccc(C(=O)C3CC3)s2)c1. The summed E-state index contributed by atoms with van der Waals surface area (Å²) in [5, 5.41) is 0. The minimum Gasteiger partial charge on any atom is -0.293 e. The molecule has 0 aliphatic heterocycles. The number of aryl methyl sites for hydroxylation is 1. The summed E-state index contributed by atoms with van der Waals surface area (Å²) in [4.78, 5) is 14.1. The lowest BCUT2D eigenvalue weighted by Crippen LogP contribution is -1.96. The van der Waals surface area contributed by atoms with Crippen LogP contribution in [-0.2, 0) is 6.42 Å². The molecule has 0 amide bonds. The summed E-state index contributed by atoms with van der Waals surface area (Å²) in [7, 11) is 0. The molecule has 2 heteroatoms. The van der Waals surface area contributed by atoms with Crippen molar-refractivity contribution in [1.82, 2.24) is 0 Å². The summed E-state index contributed by atoms with van der Waals surface area (Å²) in [6.45, 7) is 2.16. The smallest absolute Gasteiger partial charge is 0.175 e. The van der Waals surface area contributed by atoms with Crippen LogP contribution < -0.4 is 0 Å². The lowest BCUT2D eigenvalue weighted by Gasteiger charge is -2.00. The molecule has 1 aliphatic carbocycles. The Morgan fingerprint density at radius 2 is 2.11 bits per heavy atom. The first-order chi connectivity index (χ1) is 8.78. The number of ketones is 1. The Balaban J connectivity index is 1.89. The van der Waals surface area contributed by atoms with Crippen LogP contribution in [0.4, 0.5) is 0 Å². The summed E-state index contributed by atoms with van der Waals surface area (Å²) in [5.74, 6) is 0.663. The standard InChI is InChI=1S/C16H16OS/c1-2-11-4-3-5-13(10-11)14-8-9-15(18-14)16(17)12-6-7-12/h3-5,8-10,12H,2,6-7H2,1H3. The van der Waals surface area contributed by atoms with Crippen LogP contribution in [-0.4, -0.2) is 5.78 Å². The van der Waals surface area contributed by atoms with E-state index < -0.39 is 0 Å². The average Bonchev–Trinajstić information content (AvgIpc) is 3.15. The lowest BCUT2D eigenvalue weighted by atomic mass is 10.1. The van der Waals surface area contributed by atoms with Gasteiger partial charge in [-0.1, -0.05) is 31.2 Å². The van der Waals surface area contributed by atoms with Crippen molar-refractivity contribution in [2.75, 3.05) is 0 Å². The van der Waals surface area contributed by atoms with Gasteiger partial charge >= 0.3 is 0 Å². The van der Waals surface area contributed by atoms with E-state index in [0.717, 1.165) is 24.1 Å². The molecule has 0 radical (unpaired) electrons. The molecule has 0 unspecified atom stereocenters. The maximum Gasteiger partial charge on any atom is 0.175 e. The highest BCUT2D eigenvalue weighted by molar-refractivity contribution is 7.17. The molecule has 1 saturated carbocycles. The summed E-state index contributed by atoms with van der Waals surface area (Å²) < 4.78 is 0. The predicted octanol–water partition coefficient (Wildman–Crippen LogP) is 4.57. The molecule has 3 rings (SSSR count). The Morgan fingerprint density at radius 3 is 2.83 bits per heavy atom. The van der Waals surface area contributed by atoms with Crippen molar-refractivity contribution in [3.8, 4) is 10.4 Å². The van der Waals surface area contributed by atoms with Gasteiger partial charge in [-0.25, -0.2) is 0 Å². The summed E-state index contributed by atoms with van der Waals surface area (Å²) in [6, 6.07) is 12.6. The fourth-order valence-corrected chi connectivity index (χ4v) is 3.14. The van der Waals surface area contributed by atoms with E-state index in [1.54, 1.807) is 11.3 Å². The number of rotatable bonds is 4. The van der Waals surface area contributed by atoms with Crippen molar-refractivity contribution in [2.24, 2.45) is 5.92 Å². The Kier molecular flexibility index (Phi) is 3.04. The first kappa shape index (κ1) is 11.7. The molecule has 1 heterocycles. The fourth-order valence-electron chi connectivity index (χ4n) is 2.12. The van der Waals surface area contributed by atoms with E-state index in [9.17, 15) is 4.79 Å². The van der Waals surface area contributed by atoms with E-state index in [4.69, 9.17) is 0 Å². The Bertz CT molecular complexity index is 578. The largest absolute Gasteiger partial charge is 0.293 e. The van der Waals surface area contributed by atoms with Crippen molar-refractivity contribution in [2.45, 2.75) is 26.2 Å². The number of Topliss-reactive ketones (excluding diaryl/α,β-unsaturated/α-hetero) is 1. The molecule has 1 nitrogen and oxygen atoms in total. The van der Waals surface area contributed by atoms with E-state index in [0.29, 0.717) is 11.7 Å². The van der Waals surface area contributed by atoms with Gasteiger partial charge < -0.3 is 0 Å². The quantitative estimate of drug-likeness (QED) is 0.732. The third kappa shape index (κ3) is 2.25. The fraction of sp³-hybridized carbons (Fsp3) is 0.312. The maximum absolute atomic E-state index is 12.0. The van der Waals surface area contributed by atoms with Crippen molar-refractivity contribution in [1.29, 1.82) is 0 Å². The van der Waals surface area contributed by atoms with Gasteiger partial charge in [0.05, 0.1) is 4.88 Å². The third-order valence-corrected chi connectivity index (χ3v) is 4.57. The Labute approximate surface area is 111 Å². The maximum atomic E-state index is 12.0. The molecule has 0 N–H and O–H groups in total. The molecule has 0 spiro atoms. The number of carbonyl (C=O) groups is 1. The molecule has 0 saturated heterocycles. The van der Waals surface area contributed by atoms with E-state index in [1.165, 1.54) is 16.0 Å². The van der Waals surface area contributed by atoms with Crippen molar-refractivity contribution >= 4 is 17.1 Å². The van der Waals surface area contributed by atoms with Gasteiger partial charge in [0.25, 0.3) is 0 Å². The molecule has 1 aromatic heterocycles. The molecule has 92 valence electrons. The normalized spacial score (nSPS) is 14.7. The summed E-state index contributed by atoms with van der Waals surface area (Å²) >= 11 is 1.63. The highest BCUT2D eigenvalue weighted by atomic mass is 32.1. The first-order valence-corrected chi connectivity index (χ1v) is 7.33. The zero-order valence-electron chi connectivity index (χ0n) is 10.5. The number of hydrogen-bond acceptors (Lipinski definition) is 2. The molecule has 1 aliphatic rings. The number of benzene rings is 1. The highest BCUT2D eigenvalue weighted by Crippen LogP contribution is 2.36. The molecule has 18 heavy (non-hydrogen) atoms. The van der Waals surface area contributed by atoms with Gasteiger partial charge in [-0.2, -0.15) is 0 Å². The molecule has 1 aromatic carbocycles. The van der Waals surface area contributed by atoms with Gasteiger partial charge in [0, 0.05) is 10.8 Å². The molecular weight excluding hydrogens is 240 g/mol. The Hall–Kier alpha value is -1.41. The monoisotopic (exact) mass is 256 g/mol. The number of hydrogen-bond donors (Lipinski definition) is 0. The van der Waals surface area contributed by atoms with Gasteiger partial charge in [0.2, 0.25) is 0 Å². The van der Waals surface area contributed by atoms with Gasteiger partial charge in [-0.3, -0.25) is 4.79 Å². The minimum absolute atomic E-state index is 0.318. The van der Waals surface area contributed by atoms with Gasteiger partial charge in [-0.15, -0.1) is 11.3 Å². The van der Waals surface area contributed by atoms with Crippen molar-refractivity contribution in [3.05, 3.63) is 46.8 Å². The zero-order chi connectivity index (χ0) is 12.5. The molecule has 2 aromatic rings. The summed E-state index contributed by atoms with van der Waals surface area (Å²) in [5.41, 5.74) is 2.57. The van der Waals surface area contributed by atoms with E-state index in [1.807, 2.05) is 6.07 Å². The van der Waals surface area contributed by atoms with Crippen molar-refractivity contribution < 1.29 is 4.79 Å². The Morgan fingerprint density at radius 1 is 1.28 bits per heavy atom. The predicted molar refractivity (Wildman–Crippen MR) is 76.2 cm³/mol. The second kappa shape index (κ2) is 4.69. The van der Waals surface area contributed by atoms with Crippen LogP contribution in [0.15, 0.2) is 36.4 Å². The van der Waals surface area contributed by atoms with E-state index in [2.05, 4.69) is 37.3 Å². The minimum atomic E-state index is 0.318. The third-order valence-electron chi connectivity index (χ3n) is 3.42. The van der Waals surface area contributed by atoms with Crippen LogP contribution in [0.25, 0.3) is 10.4 Å². The molecule has 0 atom stereocenters. The molecule has 1 fully saturated rings. The van der Waals surface area contributed by atoms with Gasteiger partial charge in [0.15, 0.2) is 5.78 Å². The number of thiophene rings is 1. The second-order valence-electron chi connectivity index (χ2n) is 4.86. The average molecular weight is 256 g/mol. The highest BCUT2D eigenvalue weighted by Gasteiger charge is 2.31. The van der Waals surface area contributed by atoms with Crippen LogP contribution in [0.1, 0.15) is 35.0 Å². The second-order valence-corrected chi connectivity index (χ2v) is 5.94. The van der Waals surface area contributed by atoms with E-state index >= 15 is 0 Å². The molecule has 0 bridgehead atoms. The molecular formula is C16H16OS. The van der Waals surface area contributed by atoms with Crippen molar-refractivity contribution in [3.63, 3.8) is 0 Å². The zero-order valence-corrected chi connectivity index (χ0v) is 11.3. The summed E-state index contributed by atoms with van der Waals surface area (Å²) in [6.07, 6.45) is 3.21. The van der Waals surface area contributed by atoms with Crippen LogP contribution in [0, 0.1) is 5.92 Å². The first-order valence-electron chi connectivity index (χ1n) is 6.51. The van der Waals surface area contributed by atoms with Crippen LogP contribution in [0.2, 0.25) is 0 Å². The lowest BCUT2D eigenvalue weighted by molar-refractivity contribution is 0.0971. The number of carbonyl (C=O) groups excluding carboxylic acids is 1. The van der Waals surface area contributed by atoms with Crippen LogP contribution >= 0.6 is 11.3 Å².